The van der Waals surface area contributed by atoms with Crippen molar-refractivity contribution in [1.82, 2.24) is 0 Å². The molecule has 3 rings (SSSR count). The van der Waals surface area contributed by atoms with Crippen molar-refractivity contribution in [2.75, 3.05) is 0 Å². The Balaban J connectivity index is 1.54. The highest BCUT2D eigenvalue weighted by Gasteiger charge is 2.67. The lowest BCUT2D eigenvalue weighted by Crippen LogP contribution is -2.65. The second-order valence-corrected chi connectivity index (χ2v) is 15.4. The Morgan fingerprint density at radius 1 is 0.556 bits per heavy atom. The standard InChI is InChI=1S/C40H58O5/c1-29(17-13-19-31(3)21-23-39(44)35(5,6)25-33(41)26-37(39,9)42)15-11-12-16-30(2)18-14-20-32(4)22-24-40-36(7,8)27-34(45-40)28-38(40,10)43/h11-24,33-34,41-44H,25-28H2,1-10H3/b12-11+,17-13+,18-14+,23-21+,24-22+,29-15+,30-16+,31-19+,32-20+. The predicted molar refractivity (Wildman–Crippen MR) is 187 cm³/mol. The van der Waals surface area contributed by atoms with Crippen molar-refractivity contribution >= 4 is 0 Å². The number of aliphatic hydroxyl groups excluding tert-OH is 1. The van der Waals surface area contributed by atoms with Gasteiger partial charge in [0, 0.05) is 23.7 Å². The summed E-state index contributed by atoms with van der Waals surface area (Å²) in [6.07, 6.45) is 29.6. The molecule has 0 radical (unpaired) electrons. The minimum absolute atomic E-state index is 0.111. The van der Waals surface area contributed by atoms with Gasteiger partial charge in [0.1, 0.15) is 11.2 Å². The highest BCUT2D eigenvalue weighted by Crippen LogP contribution is 2.60. The normalized spacial score (nSPS) is 37.9. The van der Waals surface area contributed by atoms with Crippen molar-refractivity contribution in [1.29, 1.82) is 0 Å². The van der Waals surface area contributed by atoms with Gasteiger partial charge in [0.15, 0.2) is 0 Å². The Labute approximate surface area is 272 Å². The van der Waals surface area contributed by atoms with Gasteiger partial charge in [-0.25, -0.2) is 0 Å². The van der Waals surface area contributed by atoms with Crippen molar-refractivity contribution in [3.63, 3.8) is 0 Å². The molecule has 3 fully saturated rings. The van der Waals surface area contributed by atoms with E-state index >= 15 is 0 Å². The molecule has 45 heavy (non-hydrogen) atoms. The molecule has 248 valence electrons. The zero-order valence-corrected chi connectivity index (χ0v) is 29.3. The Morgan fingerprint density at radius 2 is 1.02 bits per heavy atom. The first-order chi connectivity index (χ1) is 20.7. The lowest BCUT2D eigenvalue weighted by Gasteiger charge is -2.54. The van der Waals surface area contributed by atoms with E-state index in [0.29, 0.717) is 12.8 Å². The average molecular weight is 619 g/mol. The fourth-order valence-electron chi connectivity index (χ4n) is 7.60. The summed E-state index contributed by atoms with van der Waals surface area (Å²) in [4.78, 5) is 0. The van der Waals surface area contributed by atoms with Crippen molar-refractivity contribution in [2.24, 2.45) is 10.8 Å². The van der Waals surface area contributed by atoms with Crippen LogP contribution in [0.2, 0.25) is 0 Å². The van der Waals surface area contributed by atoms with E-state index in [2.05, 4.69) is 58.1 Å². The molecule has 0 aromatic carbocycles. The lowest BCUT2D eigenvalue weighted by molar-refractivity contribution is -0.216. The van der Waals surface area contributed by atoms with Crippen LogP contribution in [0.4, 0.5) is 0 Å². The third-order valence-electron chi connectivity index (χ3n) is 10.2. The van der Waals surface area contributed by atoms with Crippen LogP contribution in [-0.2, 0) is 4.74 Å². The molecule has 1 saturated carbocycles. The molecular formula is C40H58O5. The lowest BCUT2D eigenvalue weighted by atomic mass is 9.57. The van der Waals surface area contributed by atoms with Gasteiger partial charge < -0.3 is 25.2 Å². The Kier molecular flexibility index (Phi) is 11.2. The molecule has 2 saturated heterocycles. The maximum atomic E-state index is 11.4. The number of ether oxygens (including phenoxy) is 1. The Bertz CT molecular complexity index is 1320. The molecule has 2 aliphatic heterocycles. The molecular weight excluding hydrogens is 560 g/mol. The van der Waals surface area contributed by atoms with Crippen LogP contribution in [0.1, 0.15) is 94.9 Å². The van der Waals surface area contributed by atoms with Crippen LogP contribution < -0.4 is 0 Å². The molecule has 4 N–H and O–H groups in total. The molecule has 6 atom stereocenters. The summed E-state index contributed by atoms with van der Waals surface area (Å²) in [6, 6.07) is 0. The van der Waals surface area contributed by atoms with Gasteiger partial charge in [-0.3, -0.25) is 0 Å². The minimum atomic E-state index is -1.45. The van der Waals surface area contributed by atoms with E-state index in [9.17, 15) is 20.4 Å². The van der Waals surface area contributed by atoms with E-state index in [1.54, 1.807) is 13.0 Å². The second-order valence-electron chi connectivity index (χ2n) is 15.4. The highest BCUT2D eigenvalue weighted by atomic mass is 16.5. The summed E-state index contributed by atoms with van der Waals surface area (Å²) in [5, 5.41) is 43.6. The van der Waals surface area contributed by atoms with Crippen molar-refractivity contribution < 1.29 is 25.2 Å². The smallest absolute Gasteiger partial charge is 0.120 e. The van der Waals surface area contributed by atoms with E-state index in [-0.39, 0.29) is 17.9 Å². The number of hydrogen-bond acceptors (Lipinski definition) is 5. The number of hydrogen-bond donors (Lipinski definition) is 4. The molecule has 1 aliphatic carbocycles. The van der Waals surface area contributed by atoms with Crippen LogP contribution in [0.5, 0.6) is 0 Å². The summed E-state index contributed by atoms with van der Waals surface area (Å²) in [5.41, 5.74) is -0.904. The van der Waals surface area contributed by atoms with E-state index in [4.69, 9.17) is 4.74 Å². The zero-order valence-electron chi connectivity index (χ0n) is 29.3. The molecule has 0 aromatic heterocycles. The fourth-order valence-corrected chi connectivity index (χ4v) is 7.60. The first kappa shape index (κ1) is 36.9. The van der Waals surface area contributed by atoms with Crippen molar-refractivity contribution in [3.05, 3.63) is 107 Å². The van der Waals surface area contributed by atoms with Gasteiger partial charge in [-0.2, -0.15) is 0 Å². The third-order valence-corrected chi connectivity index (χ3v) is 10.2. The molecule has 5 heteroatoms. The first-order valence-corrected chi connectivity index (χ1v) is 16.3. The van der Waals surface area contributed by atoms with Gasteiger partial charge in [-0.05, 0) is 66.5 Å². The van der Waals surface area contributed by atoms with Crippen molar-refractivity contribution in [2.45, 2.75) is 130 Å². The monoisotopic (exact) mass is 618 g/mol. The highest BCUT2D eigenvalue weighted by molar-refractivity contribution is 5.35. The van der Waals surface area contributed by atoms with Gasteiger partial charge in [-0.1, -0.05) is 123 Å². The van der Waals surface area contributed by atoms with Crippen LogP contribution in [0.25, 0.3) is 0 Å². The number of fused-ring (bicyclic) bond motifs is 2. The molecule has 0 spiro atoms. The van der Waals surface area contributed by atoms with Crippen LogP contribution in [-0.4, -0.2) is 55.0 Å². The molecule has 6 unspecified atom stereocenters. The summed E-state index contributed by atoms with van der Waals surface area (Å²) in [6.45, 7) is 19.7. The van der Waals surface area contributed by atoms with E-state index in [1.807, 2.05) is 83.2 Å². The Hall–Kier alpha value is -2.54. The van der Waals surface area contributed by atoms with Crippen LogP contribution in [0, 0.1) is 10.8 Å². The minimum Gasteiger partial charge on any atom is -0.393 e. The first-order valence-electron chi connectivity index (χ1n) is 16.3. The quantitative estimate of drug-likeness (QED) is 0.187. The molecule has 5 nitrogen and oxygen atoms in total. The van der Waals surface area contributed by atoms with Crippen LogP contribution in [0.3, 0.4) is 0 Å². The van der Waals surface area contributed by atoms with E-state index < -0.39 is 33.9 Å². The molecule has 2 bridgehead atoms. The number of aliphatic hydroxyl groups is 4. The largest absolute Gasteiger partial charge is 0.393 e. The number of allylic oxidation sites excluding steroid dienone is 16. The average Bonchev–Trinajstić information content (AvgIpc) is 3.31. The predicted octanol–water partition coefficient (Wildman–Crippen LogP) is 7.92. The van der Waals surface area contributed by atoms with Crippen LogP contribution >= 0.6 is 0 Å². The zero-order chi connectivity index (χ0) is 33.9. The Morgan fingerprint density at radius 3 is 1.49 bits per heavy atom. The molecule has 3 aliphatic rings. The van der Waals surface area contributed by atoms with Gasteiger partial charge in [0.25, 0.3) is 0 Å². The van der Waals surface area contributed by atoms with E-state index in [0.717, 1.165) is 28.7 Å². The summed E-state index contributed by atoms with van der Waals surface area (Å²) in [7, 11) is 0. The van der Waals surface area contributed by atoms with Gasteiger partial charge in [-0.15, -0.1) is 0 Å². The maximum Gasteiger partial charge on any atom is 0.120 e. The van der Waals surface area contributed by atoms with Crippen molar-refractivity contribution in [3.8, 4) is 0 Å². The molecule has 0 aromatic rings. The summed E-state index contributed by atoms with van der Waals surface area (Å²) >= 11 is 0. The SMILES string of the molecule is CC(/C=C/C=C(C)/C=C/C1(O)C(C)(C)CC(O)CC1(C)O)=C\C=C\C=C(C)\C=C\C=C(C)\C=C\C12OC(CC1(C)C)CC2(C)O. The molecule has 2 heterocycles. The number of rotatable bonds is 10. The third kappa shape index (κ3) is 8.07. The second kappa shape index (κ2) is 13.7. The fraction of sp³-hybridized carbons (Fsp3) is 0.550. The van der Waals surface area contributed by atoms with Gasteiger partial charge >= 0.3 is 0 Å². The van der Waals surface area contributed by atoms with E-state index in [1.165, 1.54) is 0 Å². The topological polar surface area (TPSA) is 90.2 Å². The van der Waals surface area contributed by atoms with Gasteiger partial charge in [0.2, 0.25) is 0 Å². The molecule has 0 amide bonds. The summed E-state index contributed by atoms with van der Waals surface area (Å²) < 4.78 is 6.30. The maximum absolute atomic E-state index is 11.4. The van der Waals surface area contributed by atoms with Crippen LogP contribution in [0.15, 0.2) is 107 Å². The van der Waals surface area contributed by atoms with Gasteiger partial charge in [0.05, 0.1) is 23.4 Å². The summed E-state index contributed by atoms with van der Waals surface area (Å²) in [5.74, 6) is 0.